The van der Waals surface area contributed by atoms with Gasteiger partial charge in [0.15, 0.2) is 0 Å². The second-order valence-electron chi connectivity index (χ2n) is 1.15. The molecule has 7 heavy (non-hydrogen) atoms. The minimum absolute atomic E-state index is 0.121. The maximum atomic E-state index is 8.16. The molecule has 0 saturated heterocycles. The molecular formula is C5H10NO. The largest absolute Gasteiger partial charge is 0.392 e. The standard InChI is InChI=1S/C5H10NO/c1-6-4-2-3-5-7/h2-3,7H,4-5H2,1H3/b3-2+. The SMILES string of the molecule is C[N]C/C=C/CO. The Kier molecular flexibility index (Phi) is 5.39. The average molecular weight is 100 g/mol. The van der Waals surface area contributed by atoms with Gasteiger partial charge in [-0.2, -0.15) is 0 Å². The van der Waals surface area contributed by atoms with E-state index < -0.39 is 0 Å². The van der Waals surface area contributed by atoms with Gasteiger partial charge >= 0.3 is 0 Å². The molecule has 1 N–H and O–H groups in total. The van der Waals surface area contributed by atoms with Gasteiger partial charge in [-0.25, -0.2) is 5.32 Å². The van der Waals surface area contributed by atoms with Crippen molar-refractivity contribution in [2.45, 2.75) is 0 Å². The number of likely N-dealkylation sites (N-methyl/N-ethyl adjacent to an activating group) is 1. The van der Waals surface area contributed by atoms with Crippen molar-refractivity contribution >= 4 is 0 Å². The van der Waals surface area contributed by atoms with Crippen molar-refractivity contribution in [1.82, 2.24) is 5.32 Å². The predicted molar refractivity (Wildman–Crippen MR) is 29.2 cm³/mol. The van der Waals surface area contributed by atoms with Crippen molar-refractivity contribution < 1.29 is 5.11 Å². The quantitative estimate of drug-likeness (QED) is 0.488. The Morgan fingerprint density at radius 3 is 2.71 bits per heavy atom. The number of aliphatic hydroxyl groups excluding tert-OH is 1. The van der Waals surface area contributed by atoms with Crippen LogP contribution < -0.4 is 5.32 Å². The van der Waals surface area contributed by atoms with Crippen LogP contribution in [0.15, 0.2) is 12.2 Å². The molecule has 0 aromatic heterocycles. The van der Waals surface area contributed by atoms with E-state index in [1.807, 2.05) is 6.08 Å². The highest BCUT2D eigenvalue weighted by Crippen LogP contribution is 1.65. The topological polar surface area (TPSA) is 34.3 Å². The first kappa shape index (κ1) is 6.66. The van der Waals surface area contributed by atoms with E-state index in [2.05, 4.69) is 5.32 Å². The van der Waals surface area contributed by atoms with Gasteiger partial charge in [0, 0.05) is 13.6 Å². The highest BCUT2D eigenvalue weighted by atomic mass is 16.2. The van der Waals surface area contributed by atoms with Gasteiger partial charge in [-0.15, -0.1) is 0 Å². The van der Waals surface area contributed by atoms with Crippen LogP contribution in [0.25, 0.3) is 0 Å². The summed E-state index contributed by atoms with van der Waals surface area (Å²) >= 11 is 0. The number of rotatable bonds is 3. The van der Waals surface area contributed by atoms with Crippen LogP contribution in [0.4, 0.5) is 0 Å². The van der Waals surface area contributed by atoms with E-state index in [0.717, 1.165) is 0 Å². The molecule has 0 amide bonds. The Balaban J connectivity index is 2.78. The Morgan fingerprint density at radius 2 is 2.29 bits per heavy atom. The van der Waals surface area contributed by atoms with Gasteiger partial charge in [0.25, 0.3) is 0 Å². The van der Waals surface area contributed by atoms with Crippen LogP contribution in [-0.4, -0.2) is 25.3 Å². The summed E-state index contributed by atoms with van der Waals surface area (Å²) in [5.74, 6) is 0. The lowest BCUT2D eigenvalue weighted by Crippen LogP contribution is -1.94. The molecule has 0 aliphatic heterocycles. The van der Waals surface area contributed by atoms with E-state index in [4.69, 9.17) is 5.11 Å². The van der Waals surface area contributed by atoms with E-state index in [1.165, 1.54) is 0 Å². The fraction of sp³-hybridized carbons (Fsp3) is 0.600. The molecule has 2 nitrogen and oxygen atoms in total. The smallest absolute Gasteiger partial charge is 0.0612 e. The molecule has 0 heterocycles. The Hall–Kier alpha value is -0.340. The summed E-state index contributed by atoms with van der Waals surface area (Å²) in [5, 5.41) is 11.9. The maximum absolute atomic E-state index is 8.16. The number of hydrogen-bond donors (Lipinski definition) is 1. The lowest BCUT2D eigenvalue weighted by molar-refractivity contribution is 0.342. The number of aliphatic hydroxyl groups is 1. The Bertz CT molecular complexity index is 52.0. The lowest BCUT2D eigenvalue weighted by atomic mass is 10.5. The van der Waals surface area contributed by atoms with Gasteiger partial charge in [-0.3, -0.25) is 0 Å². The summed E-state index contributed by atoms with van der Waals surface area (Å²) < 4.78 is 0. The number of hydrogen-bond acceptors (Lipinski definition) is 1. The molecule has 0 aliphatic carbocycles. The fourth-order valence-corrected chi connectivity index (χ4v) is 0.254. The first-order chi connectivity index (χ1) is 3.41. The van der Waals surface area contributed by atoms with Crippen LogP contribution in [0.3, 0.4) is 0 Å². The van der Waals surface area contributed by atoms with Crippen LogP contribution in [-0.2, 0) is 0 Å². The molecule has 0 aromatic carbocycles. The average Bonchev–Trinajstić information content (AvgIpc) is 1.69. The molecule has 1 radical (unpaired) electrons. The monoisotopic (exact) mass is 100 g/mol. The summed E-state index contributed by atoms with van der Waals surface area (Å²) in [4.78, 5) is 0. The first-order valence-electron chi connectivity index (χ1n) is 2.23. The molecule has 0 fully saturated rings. The second kappa shape index (κ2) is 5.66. The van der Waals surface area contributed by atoms with Gasteiger partial charge < -0.3 is 5.11 Å². The highest BCUT2D eigenvalue weighted by Gasteiger charge is 1.67. The minimum atomic E-state index is 0.121. The van der Waals surface area contributed by atoms with E-state index in [9.17, 15) is 0 Å². The van der Waals surface area contributed by atoms with Gasteiger partial charge in [-0.1, -0.05) is 12.2 Å². The van der Waals surface area contributed by atoms with E-state index >= 15 is 0 Å². The van der Waals surface area contributed by atoms with Crippen LogP contribution in [0, 0.1) is 0 Å². The third-order valence-corrected chi connectivity index (χ3v) is 0.560. The Labute approximate surface area is 43.9 Å². The van der Waals surface area contributed by atoms with E-state index in [0.29, 0.717) is 6.54 Å². The molecule has 0 aliphatic rings. The van der Waals surface area contributed by atoms with Crippen molar-refractivity contribution in [2.24, 2.45) is 0 Å². The normalized spacial score (nSPS) is 10.6. The number of nitrogens with zero attached hydrogens (tertiary/aromatic N) is 1. The van der Waals surface area contributed by atoms with Crippen molar-refractivity contribution in [3.05, 3.63) is 12.2 Å². The zero-order chi connectivity index (χ0) is 5.54. The summed E-state index contributed by atoms with van der Waals surface area (Å²) in [5.41, 5.74) is 0. The van der Waals surface area contributed by atoms with E-state index in [1.54, 1.807) is 13.1 Å². The third kappa shape index (κ3) is 5.66. The van der Waals surface area contributed by atoms with Crippen LogP contribution in [0.1, 0.15) is 0 Å². The molecule has 0 aromatic rings. The summed E-state index contributed by atoms with van der Waals surface area (Å²) in [6.07, 6.45) is 3.49. The van der Waals surface area contributed by atoms with Crippen molar-refractivity contribution in [2.75, 3.05) is 20.2 Å². The van der Waals surface area contributed by atoms with Gasteiger partial charge in [0.1, 0.15) is 0 Å². The molecule has 0 unspecified atom stereocenters. The zero-order valence-corrected chi connectivity index (χ0v) is 4.46. The maximum Gasteiger partial charge on any atom is 0.0612 e. The highest BCUT2D eigenvalue weighted by molar-refractivity contribution is 4.81. The van der Waals surface area contributed by atoms with Gasteiger partial charge in [0.05, 0.1) is 6.61 Å². The fourth-order valence-electron chi connectivity index (χ4n) is 0.254. The van der Waals surface area contributed by atoms with Crippen LogP contribution in [0.2, 0.25) is 0 Å². The second-order valence-corrected chi connectivity index (χ2v) is 1.15. The molecule has 41 valence electrons. The zero-order valence-electron chi connectivity index (χ0n) is 4.46. The molecule has 2 heteroatoms. The van der Waals surface area contributed by atoms with E-state index in [-0.39, 0.29) is 6.61 Å². The van der Waals surface area contributed by atoms with Gasteiger partial charge in [0.2, 0.25) is 0 Å². The van der Waals surface area contributed by atoms with Crippen molar-refractivity contribution in [3.8, 4) is 0 Å². The minimum Gasteiger partial charge on any atom is -0.392 e. The predicted octanol–water partition coefficient (Wildman–Crippen LogP) is -0.231. The third-order valence-electron chi connectivity index (χ3n) is 0.560. The van der Waals surface area contributed by atoms with Gasteiger partial charge in [-0.05, 0) is 0 Å². The summed E-state index contributed by atoms with van der Waals surface area (Å²) in [6.45, 7) is 0.829. The molecule has 0 rings (SSSR count). The molecule has 0 atom stereocenters. The lowest BCUT2D eigenvalue weighted by Gasteiger charge is -1.81. The van der Waals surface area contributed by atoms with Crippen molar-refractivity contribution in [3.63, 3.8) is 0 Å². The van der Waals surface area contributed by atoms with Crippen molar-refractivity contribution in [1.29, 1.82) is 0 Å². The summed E-state index contributed by atoms with van der Waals surface area (Å²) in [6, 6.07) is 0. The Morgan fingerprint density at radius 1 is 1.57 bits per heavy atom. The molecule has 0 spiro atoms. The van der Waals surface area contributed by atoms with Crippen LogP contribution >= 0.6 is 0 Å². The molecule has 0 bridgehead atoms. The first-order valence-corrected chi connectivity index (χ1v) is 2.23. The summed E-state index contributed by atoms with van der Waals surface area (Å²) in [7, 11) is 1.74. The molecular weight excluding hydrogens is 90.1 g/mol. The molecule has 0 saturated carbocycles. The van der Waals surface area contributed by atoms with Crippen LogP contribution in [0.5, 0.6) is 0 Å².